The Balaban J connectivity index is 1.48. The van der Waals surface area contributed by atoms with Crippen molar-refractivity contribution in [3.63, 3.8) is 0 Å². The minimum Gasteiger partial charge on any atom is -0.356 e. The molecule has 2 aromatic heterocycles. The number of nitrogens with one attached hydrogen (secondary N) is 1. The molecule has 2 heterocycles. The Bertz CT molecular complexity index is 546. The molecule has 1 fully saturated rings. The Morgan fingerprint density at radius 1 is 1.53 bits per heavy atom. The van der Waals surface area contributed by atoms with Crippen molar-refractivity contribution >= 4 is 17.2 Å². The number of aromatic nitrogens is 2. The fraction of sp³-hybridized carbons (Fsp3) is 0.462. The summed E-state index contributed by atoms with van der Waals surface area (Å²) in [7, 11) is 0. The number of amides is 1. The molecule has 1 aliphatic rings. The lowest BCUT2D eigenvalue weighted by molar-refractivity contribution is -0.121. The van der Waals surface area contributed by atoms with Crippen LogP contribution in [-0.4, -0.2) is 22.6 Å². The van der Waals surface area contributed by atoms with Crippen LogP contribution >= 0.6 is 11.3 Å². The van der Waals surface area contributed by atoms with Crippen molar-refractivity contribution in [3.8, 4) is 10.7 Å². The van der Waals surface area contributed by atoms with Crippen LogP contribution < -0.4 is 5.32 Å². The molecule has 1 aliphatic carbocycles. The Labute approximate surface area is 115 Å². The predicted molar refractivity (Wildman–Crippen MR) is 71.7 cm³/mol. The molecule has 0 saturated heterocycles. The Kier molecular flexibility index (Phi) is 3.59. The molecule has 100 valence electrons. The maximum atomic E-state index is 11.6. The monoisotopic (exact) mass is 277 g/mol. The van der Waals surface area contributed by atoms with Gasteiger partial charge in [-0.05, 0) is 30.2 Å². The van der Waals surface area contributed by atoms with Crippen LogP contribution in [0.1, 0.15) is 25.2 Å². The zero-order valence-corrected chi connectivity index (χ0v) is 11.3. The molecule has 3 rings (SSSR count). The normalized spacial score (nSPS) is 14.5. The summed E-state index contributed by atoms with van der Waals surface area (Å²) in [5.41, 5.74) is 0. The molecule has 2 aromatic rings. The van der Waals surface area contributed by atoms with E-state index in [0.717, 1.165) is 11.4 Å². The summed E-state index contributed by atoms with van der Waals surface area (Å²) in [6, 6.07) is 3.89. The number of rotatable bonds is 6. The van der Waals surface area contributed by atoms with E-state index in [9.17, 15) is 4.79 Å². The third-order valence-corrected chi connectivity index (χ3v) is 3.93. The van der Waals surface area contributed by atoms with Crippen molar-refractivity contribution in [1.29, 1.82) is 0 Å². The first kappa shape index (κ1) is 12.3. The van der Waals surface area contributed by atoms with Gasteiger partial charge in [0, 0.05) is 19.4 Å². The summed E-state index contributed by atoms with van der Waals surface area (Å²) >= 11 is 1.57. The first-order valence-corrected chi connectivity index (χ1v) is 7.32. The van der Waals surface area contributed by atoms with Crippen molar-refractivity contribution in [2.75, 3.05) is 6.54 Å². The molecular weight excluding hydrogens is 262 g/mol. The molecule has 6 heteroatoms. The highest BCUT2D eigenvalue weighted by molar-refractivity contribution is 7.13. The third-order valence-electron chi connectivity index (χ3n) is 3.06. The number of thiophene rings is 1. The van der Waals surface area contributed by atoms with Gasteiger partial charge in [0.05, 0.1) is 4.88 Å². The van der Waals surface area contributed by atoms with Crippen LogP contribution in [0.5, 0.6) is 0 Å². The average Bonchev–Trinajstić information content (AvgIpc) is 2.92. The van der Waals surface area contributed by atoms with Gasteiger partial charge in [0.25, 0.3) is 0 Å². The van der Waals surface area contributed by atoms with Gasteiger partial charge in [0.1, 0.15) is 0 Å². The lowest BCUT2D eigenvalue weighted by atomic mass is 10.3. The van der Waals surface area contributed by atoms with Gasteiger partial charge < -0.3 is 9.84 Å². The van der Waals surface area contributed by atoms with E-state index in [1.807, 2.05) is 17.5 Å². The summed E-state index contributed by atoms with van der Waals surface area (Å²) in [5, 5.41) is 8.80. The van der Waals surface area contributed by atoms with Crippen molar-refractivity contribution in [2.24, 2.45) is 5.92 Å². The van der Waals surface area contributed by atoms with Crippen LogP contribution in [-0.2, 0) is 11.2 Å². The maximum absolute atomic E-state index is 11.6. The van der Waals surface area contributed by atoms with E-state index in [1.165, 1.54) is 12.8 Å². The summed E-state index contributed by atoms with van der Waals surface area (Å²) in [4.78, 5) is 16.8. The van der Waals surface area contributed by atoms with Gasteiger partial charge in [-0.1, -0.05) is 11.2 Å². The fourth-order valence-corrected chi connectivity index (χ4v) is 2.40. The lowest BCUT2D eigenvalue weighted by Gasteiger charge is -2.01. The zero-order chi connectivity index (χ0) is 13.1. The molecule has 1 N–H and O–H groups in total. The van der Waals surface area contributed by atoms with Crippen molar-refractivity contribution < 1.29 is 9.32 Å². The van der Waals surface area contributed by atoms with Crippen molar-refractivity contribution in [1.82, 2.24) is 15.5 Å². The van der Waals surface area contributed by atoms with E-state index in [2.05, 4.69) is 15.5 Å². The minimum absolute atomic E-state index is 0.0581. The average molecular weight is 277 g/mol. The van der Waals surface area contributed by atoms with Gasteiger partial charge in [0.15, 0.2) is 0 Å². The van der Waals surface area contributed by atoms with Crippen LogP contribution in [0.3, 0.4) is 0 Å². The highest BCUT2D eigenvalue weighted by Crippen LogP contribution is 2.27. The van der Waals surface area contributed by atoms with E-state index in [1.54, 1.807) is 11.3 Å². The highest BCUT2D eigenvalue weighted by atomic mass is 32.1. The minimum atomic E-state index is 0.0581. The molecule has 0 radical (unpaired) electrons. The first-order chi connectivity index (χ1) is 9.31. The second kappa shape index (κ2) is 5.52. The second-order valence-electron chi connectivity index (χ2n) is 4.74. The Morgan fingerprint density at radius 2 is 2.42 bits per heavy atom. The summed E-state index contributed by atoms with van der Waals surface area (Å²) in [5.74, 6) is 1.88. The molecule has 0 spiro atoms. The standard InChI is InChI=1S/C13H15N3O2S/c17-11(14-8-9-3-4-9)5-6-12-15-13(16-18-12)10-2-1-7-19-10/h1-2,7,9H,3-6,8H2,(H,14,17). The number of hydrogen-bond donors (Lipinski definition) is 1. The molecule has 0 unspecified atom stereocenters. The number of nitrogens with zero attached hydrogens (tertiary/aromatic N) is 2. The largest absolute Gasteiger partial charge is 0.356 e. The van der Waals surface area contributed by atoms with Crippen LogP contribution in [0.4, 0.5) is 0 Å². The second-order valence-corrected chi connectivity index (χ2v) is 5.68. The predicted octanol–water partition coefficient (Wildman–Crippen LogP) is 2.26. The SMILES string of the molecule is O=C(CCc1nc(-c2cccs2)no1)NCC1CC1. The molecule has 0 aromatic carbocycles. The fourth-order valence-electron chi connectivity index (χ4n) is 1.75. The molecule has 5 nitrogen and oxygen atoms in total. The highest BCUT2D eigenvalue weighted by Gasteiger charge is 2.21. The van der Waals surface area contributed by atoms with E-state index in [0.29, 0.717) is 30.5 Å². The Morgan fingerprint density at radius 3 is 3.16 bits per heavy atom. The summed E-state index contributed by atoms with van der Waals surface area (Å²) in [6.45, 7) is 0.809. The van der Waals surface area contributed by atoms with Crippen molar-refractivity contribution in [2.45, 2.75) is 25.7 Å². The van der Waals surface area contributed by atoms with Gasteiger partial charge in [-0.15, -0.1) is 11.3 Å². The molecule has 1 amide bonds. The lowest BCUT2D eigenvalue weighted by Crippen LogP contribution is -2.25. The smallest absolute Gasteiger partial charge is 0.227 e. The van der Waals surface area contributed by atoms with E-state index in [-0.39, 0.29) is 5.91 Å². The van der Waals surface area contributed by atoms with E-state index in [4.69, 9.17) is 4.52 Å². The molecule has 19 heavy (non-hydrogen) atoms. The van der Waals surface area contributed by atoms with Gasteiger partial charge >= 0.3 is 0 Å². The van der Waals surface area contributed by atoms with Gasteiger partial charge in [-0.3, -0.25) is 4.79 Å². The molecule has 0 aliphatic heterocycles. The Hall–Kier alpha value is -1.69. The molecular formula is C13H15N3O2S. The van der Waals surface area contributed by atoms with E-state index >= 15 is 0 Å². The van der Waals surface area contributed by atoms with Gasteiger partial charge in [0.2, 0.25) is 17.6 Å². The molecule has 1 saturated carbocycles. The van der Waals surface area contributed by atoms with Gasteiger partial charge in [-0.2, -0.15) is 4.98 Å². The first-order valence-electron chi connectivity index (χ1n) is 6.44. The van der Waals surface area contributed by atoms with Crippen LogP contribution in [0.15, 0.2) is 22.0 Å². The zero-order valence-electron chi connectivity index (χ0n) is 10.5. The quantitative estimate of drug-likeness (QED) is 0.879. The van der Waals surface area contributed by atoms with E-state index < -0.39 is 0 Å². The number of carbonyl (C=O) groups excluding carboxylic acids is 1. The number of hydrogen-bond acceptors (Lipinski definition) is 5. The summed E-state index contributed by atoms with van der Waals surface area (Å²) < 4.78 is 5.14. The van der Waals surface area contributed by atoms with Crippen LogP contribution in [0.2, 0.25) is 0 Å². The van der Waals surface area contributed by atoms with Crippen LogP contribution in [0.25, 0.3) is 10.7 Å². The van der Waals surface area contributed by atoms with Crippen LogP contribution in [0, 0.1) is 5.92 Å². The number of carbonyl (C=O) groups is 1. The summed E-state index contributed by atoms with van der Waals surface area (Å²) in [6.07, 6.45) is 3.38. The van der Waals surface area contributed by atoms with Crippen molar-refractivity contribution in [3.05, 3.63) is 23.4 Å². The molecule has 0 bridgehead atoms. The third kappa shape index (κ3) is 3.41. The van der Waals surface area contributed by atoms with Gasteiger partial charge in [-0.25, -0.2) is 0 Å². The maximum Gasteiger partial charge on any atom is 0.227 e. The molecule has 0 atom stereocenters. The topological polar surface area (TPSA) is 68.0 Å². The number of aryl methyl sites for hydroxylation is 1.